The molecule has 178 valence electrons. The molecule has 1 aliphatic rings. The Morgan fingerprint density at radius 1 is 1.03 bits per heavy atom. The quantitative estimate of drug-likeness (QED) is 0.558. The van der Waals surface area contributed by atoms with E-state index in [2.05, 4.69) is 4.72 Å². The SMILES string of the molecule is COc1ccc(C(=O)N2c3cc(CNS(=O)(=O)c4c(C)cc(C)cc4C)ccc3C[C@@H]2C)cc1. The number of methoxy groups -OCH3 is 1. The maximum Gasteiger partial charge on any atom is 0.258 e. The first-order chi connectivity index (χ1) is 16.1. The van der Waals surface area contributed by atoms with Gasteiger partial charge in [-0.25, -0.2) is 13.1 Å². The molecule has 3 aromatic rings. The fourth-order valence-electron chi connectivity index (χ4n) is 4.79. The van der Waals surface area contributed by atoms with Gasteiger partial charge in [0.15, 0.2) is 0 Å². The second kappa shape index (κ2) is 9.24. The molecule has 7 heteroatoms. The summed E-state index contributed by atoms with van der Waals surface area (Å²) in [6, 6.07) is 16.6. The number of carbonyl (C=O) groups is 1. The number of amides is 1. The molecular formula is C27H30N2O4S. The Balaban J connectivity index is 1.58. The van der Waals surface area contributed by atoms with E-state index in [1.807, 2.05) is 58.0 Å². The van der Waals surface area contributed by atoms with Gasteiger partial charge in [0.2, 0.25) is 10.0 Å². The third-order valence-electron chi connectivity index (χ3n) is 6.26. The average molecular weight is 479 g/mol. The van der Waals surface area contributed by atoms with Gasteiger partial charge in [-0.2, -0.15) is 0 Å². The highest BCUT2D eigenvalue weighted by molar-refractivity contribution is 7.89. The number of rotatable bonds is 6. The van der Waals surface area contributed by atoms with Crippen LogP contribution < -0.4 is 14.4 Å². The van der Waals surface area contributed by atoms with Crippen LogP contribution in [0.2, 0.25) is 0 Å². The van der Waals surface area contributed by atoms with Crippen molar-refractivity contribution >= 4 is 21.6 Å². The average Bonchev–Trinajstić information content (AvgIpc) is 3.11. The molecule has 0 unspecified atom stereocenters. The molecule has 1 amide bonds. The highest BCUT2D eigenvalue weighted by Crippen LogP contribution is 2.34. The van der Waals surface area contributed by atoms with E-state index in [1.54, 1.807) is 36.3 Å². The first kappa shape index (κ1) is 24.0. The highest BCUT2D eigenvalue weighted by atomic mass is 32.2. The molecule has 6 nitrogen and oxygen atoms in total. The lowest BCUT2D eigenvalue weighted by Gasteiger charge is -2.23. The van der Waals surface area contributed by atoms with Crippen LogP contribution in [0.5, 0.6) is 5.75 Å². The van der Waals surface area contributed by atoms with E-state index in [4.69, 9.17) is 4.74 Å². The molecule has 3 aromatic carbocycles. The second-order valence-corrected chi connectivity index (χ2v) is 10.7. The van der Waals surface area contributed by atoms with E-state index in [-0.39, 0.29) is 18.5 Å². The Morgan fingerprint density at radius 2 is 1.68 bits per heavy atom. The Bertz CT molecular complexity index is 1320. The van der Waals surface area contributed by atoms with E-state index in [9.17, 15) is 13.2 Å². The summed E-state index contributed by atoms with van der Waals surface area (Å²) >= 11 is 0. The van der Waals surface area contributed by atoms with Crippen molar-refractivity contribution in [2.45, 2.75) is 51.6 Å². The molecule has 0 saturated heterocycles. The molecule has 0 aromatic heterocycles. The molecular weight excluding hydrogens is 448 g/mol. The summed E-state index contributed by atoms with van der Waals surface area (Å²) in [4.78, 5) is 15.4. The summed E-state index contributed by atoms with van der Waals surface area (Å²) in [5.74, 6) is 0.609. The van der Waals surface area contributed by atoms with E-state index >= 15 is 0 Å². The largest absolute Gasteiger partial charge is 0.497 e. The second-order valence-electron chi connectivity index (χ2n) is 8.97. The van der Waals surface area contributed by atoms with Crippen molar-refractivity contribution in [1.82, 2.24) is 4.72 Å². The van der Waals surface area contributed by atoms with Crippen LogP contribution in [0.25, 0.3) is 0 Å². The molecule has 0 aliphatic carbocycles. The molecule has 34 heavy (non-hydrogen) atoms. The number of fused-ring (bicyclic) bond motifs is 1. The predicted octanol–water partition coefficient (Wildman–Crippen LogP) is 4.69. The summed E-state index contributed by atoms with van der Waals surface area (Å²) in [6.07, 6.45) is 0.755. The predicted molar refractivity (Wildman–Crippen MR) is 134 cm³/mol. The van der Waals surface area contributed by atoms with Crippen LogP contribution in [0.1, 0.15) is 45.1 Å². The number of anilines is 1. The molecule has 0 saturated carbocycles. The zero-order valence-electron chi connectivity index (χ0n) is 20.2. The van der Waals surface area contributed by atoms with Gasteiger partial charge in [0.1, 0.15) is 5.75 Å². The Hall–Kier alpha value is -3.16. The number of benzene rings is 3. The van der Waals surface area contributed by atoms with Crippen LogP contribution in [0, 0.1) is 20.8 Å². The van der Waals surface area contributed by atoms with Gasteiger partial charge in [-0.3, -0.25) is 4.79 Å². The van der Waals surface area contributed by atoms with Crippen molar-refractivity contribution < 1.29 is 17.9 Å². The monoisotopic (exact) mass is 478 g/mol. The highest BCUT2D eigenvalue weighted by Gasteiger charge is 2.32. The first-order valence-corrected chi connectivity index (χ1v) is 12.8. The fourth-order valence-corrected chi connectivity index (χ4v) is 6.25. The maximum absolute atomic E-state index is 13.3. The van der Waals surface area contributed by atoms with Crippen LogP contribution in [0.4, 0.5) is 5.69 Å². The Kier molecular flexibility index (Phi) is 6.51. The third-order valence-corrected chi connectivity index (χ3v) is 7.97. The lowest BCUT2D eigenvalue weighted by Crippen LogP contribution is -2.35. The smallest absolute Gasteiger partial charge is 0.258 e. The van der Waals surface area contributed by atoms with Gasteiger partial charge in [0.05, 0.1) is 12.0 Å². The van der Waals surface area contributed by atoms with E-state index in [0.717, 1.165) is 39.9 Å². The van der Waals surface area contributed by atoms with Crippen molar-refractivity contribution in [2.24, 2.45) is 0 Å². The lowest BCUT2D eigenvalue weighted by molar-refractivity contribution is 0.0981. The molecule has 1 atom stereocenters. The standard InChI is InChI=1S/C27H30N2O4S/c1-17-12-18(2)26(19(3)13-17)34(31,32)28-16-21-6-7-23-14-20(4)29(25(23)15-21)27(30)22-8-10-24(33-5)11-9-22/h6-13,15,20,28H,14,16H2,1-5H3/t20-/m0/s1. The van der Waals surface area contributed by atoms with Crippen LogP contribution >= 0.6 is 0 Å². The number of carbonyl (C=O) groups excluding carboxylic acids is 1. The first-order valence-electron chi connectivity index (χ1n) is 11.3. The number of nitrogens with one attached hydrogen (secondary N) is 1. The minimum atomic E-state index is -3.68. The summed E-state index contributed by atoms with van der Waals surface area (Å²) in [5.41, 5.74) is 5.76. The maximum atomic E-state index is 13.3. The zero-order valence-corrected chi connectivity index (χ0v) is 21.0. The number of nitrogens with zero attached hydrogens (tertiary/aromatic N) is 1. The molecule has 1 N–H and O–H groups in total. The summed E-state index contributed by atoms with van der Waals surface area (Å²) < 4.78 is 34.1. The molecule has 0 spiro atoms. The van der Waals surface area contributed by atoms with Crippen molar-refractivity contribution in [1.29, 1.82) is 0 Å². The van der Waals surface area contributed by atoms with Crippen LogP contribution in [-0.4, -0.2) is 27.5 Å². The van der Waals surface area contributed by atoms with Gasteiger partial charge in [-0.1, -0.05) is 29.8 Å². The van der Waals surface area contributed by atoms with Gasteiger partial charge in [-0.15, -0.1) is 0 Å². The van der Waals surface area contributed by atoms with Gasteiger partial charge in [0.25, 0.3) is 5.91 Å². The molecule has 4 rings (SSSR count). The number of hydrogen-bond donors (Lipinski definition) is 1. The van der Waals surface area contributed by atoms with Crippen molar-refractivity contribution in [3.05, 3.63) is 88.0 Å². The lowest BCUT2D eigenvalue weighted by atomic mass is 10.1. The Morgan fingerprint density at radius 3 is 2.29 bits per heavy atom. The van der Waals surface area contributed by atoms with E-state index < -0.39 is 10.0 Å². The van der Waals surface area contributed by atoms with E-state index in [1.165, 1.54) is 0 Å². The van der Waals surface area contributed by atoms with Crippen molar-refractivity contribution in [3.63, 3.8) is 0 Å². The zero-order chi connectivity index (χ0) is 24.6. The van der Waals surface area contributed by atoms with Crippen molar-refractivity contribution in [3.8, 4) is 5.75 Å². The van der Waals surface area contributed by atoms with Crippen LogP contribution in [0.15, 0.2) is 59.5 Å². The summed E-state index contributed by atoms with van der Waals surface area (Å²) in [7, 11) is -2.09. The van der Waals surface area contributed by atoms with Crippen LogP contribution in [-0.2, 0) is 23.0 Å². The Labute approximate surface area is 201 Å². The number of sulfonamides is 1. The summed E-state index contributed by atoms with van der Waals surface area (Å²) in [6.45, 7) is 7.74. The number of ether oxygens (including phenoxy) is 1. The minimum absolute atomic E-state index is 0.00870. The molecule has 0 fully saturated rings. The van der Waals surface area contributed by atoms with Gasteiger partial charge < -0.3 is 9.64 Å². The fraction of sp³-hybridized carbons (Fsp3) is 0.296. The normalized spacial score (nSPS) is 15.3. The topological polar surface area (TPSA) is 75.7 Å². The molecule has 1 heterocycles. The van der Waals surface area contributed by atoms with E-state index in [0.29, 0.717) is 16.2 Å². The summed E-state index contributed by atoms with van der Waals surface area (Å²) in [5, 5.41) is 0. The van der Waals surface area contributed by atoms with Crippen LogP contribution in [0.3, 0.4) is 0 Å². The molecule has 0 bridgehead atoms. The van der Waals surface area contributed by atoms with Gasteiger partial charge in [0, 0.05) is 23.8 Å². The van der Waals surface area contributed by atoms with Gasteiger partial charge in [-0.05, 0) is 86.7 Å². The third kappa shape index (κ3) is 4.58. The molecule has 0 radical (unpaired) electrons. The van der Waals surface area contributed by atoms with Gasteiger partial charge >= 0.3 is 0 Å². The number of aryl methyl sites for hydroxylation is 3. The number of hydrogen-bond acceptors (Lipinski definition) is 4. The van der Waals surface area contributed by atoms with Crippen molar-refractivity contribution in [2.75, 3.05) is 12.0 Å². The minimum Gasteiger partial charge on any atom is -0.497 e. The molecule has 1 aliphatic heterocycles.